The molecule has 0 atom stereocenters. The molecule has 2 N–H and O–H groups in total. The highest BCUT2D eigenvalue weighted by atomic mass is 35.5. The maximum atomic E-state index is 11.8. The molecule has 122 valence electrons. The van der Waals surface area contributed by atoms with Crippen LogP contribution >= 0.6 is 11.6 Å². The summed E-state index contributed by atoms with van der Waals surface area (Å²) in [5.74, 6) is 0.887. The number of anilines is 1. The van der Waals surface area contributed by atoms with Crippen molar-refractivity contribution in [2.45, 2.75) is 20.8 Å². The third kappa shape index (κ3) is 4.63. The number of benzene rings is 2. The Labute approximate surface area is 141 Å². The fourth-order valence-corrected chi connectivity index (χ4v) is 2.38. The summed E-state index contributed by atoms with van der Waals surface area (Å²) in [5, 5.41) is 5.96. The molecule has 0 bridgehead atoms. The number of ether oxygens (including phenoxy) is 1. The van der Waals surface area contributed by atoms with E-state index in [1.165, 1.54) is 5.56 Å². The highest BCUT2D eigenvalue weighted by Gasteiger charge is 2.07. The Morgan fingerprint density at radius 3 is 2.52 bits per heavy atom. The lowest BCUT2D eigenvalue weighted by Crippen LogP contribution is -2.32. The smallest absolute Gasteiger partial charge is 0.319 e. The summed E-state index contributed by atoms with van der Waals surface area (Å²) in [5.41, 5.74) is 3.99. The number of hydrogen-bond donors (Lipinski definition) is 2. The van der Waals surface area contributed by atoms with Gasteiger partial charge in [0.2, 0.25) is 0 Å². The first-order valence-electron chi connectivity index (χ1n) is 7.48. The van der Waals surface area contributed by atoms with E-state index in [9.17, 15) is 4.79 Å². The molecule has 23 heavy (non-hydrogen) atoms. The van der Waals surface area contributed by atoms with Gasteiger partial charge in [0.15, 0.2) is 0 Å². The number of hydrogen-bond acceptors (Lipinski definition) is 2. The average Bonchev–Trinajstić information content (AvgIpc) is 2.52. The highest BCUT2D eigenvalue weighted by molar-refractivity contribution is 6.33. The Kier molecular flexibility index (Phi) is 5.88. The molecule has 2 aromatic rings. The quantitative estimate of drug-likeness (QED) is 0.794. The molecule has 0 radical (unpaired) electrons. The number of rotatable bonds is 5. The van der Waals surface area contributed by atoms with E-state index in [1.807, 2.05) is 32.0 Å². The van der Waals surface area contributed by atoms with Gasteiger partial charge in [0, 0.05) is 0 Å². The third-order valence-electron chi connectivity index (χ3n) is 3.63. The van der Waals surface area contributed by atoms with Crippen molar-refractivity contribution in [3.05, 3.63) is 58.1 Å². The summed E-state index contributed by atoms with van der Waals surface area (Å²) in [6.07, 6.45) is 0. The van der Waals surface area contributed by atoms with Crippen molar-refractivity contribution in [1.29, 1.82) is 0 Å². The van der Waals surface area contributed by atoms with E-state index in [0.717, 1.165) is 16.9 Å². The Morgan fingerprint density at radius 2 is 1.78 bits per heavy atom. The molecule has 0 heterocycles. The van der Waals surface area contributed by atoms with Crippen molar-refractivity contribution in [2.75, 3.05) is 18.5 Å². The minimum absolute atomic E-state index is 0.306. The fourth-order valence-electron chi connectivity index (χ4n) is 2.19. The van der Waals surface area contributed by atoms with Crippen LogP contribution in [0.4, 0.5) is 10.5 Å². The first-order valence-corrected chi connectivity index (χ1v) is 7.86. The van der Waals surface area contributed by atoms with Crippen LogP contribution in [0, 0.1) is 20.8 Å². The van der Waals surface area contributed by atoms with E-state index in [1.54, 1.807) is 12.1 Å². The molecule has 0 fully saturated rings. The maximum absolute atomic E-state index is 11.8. The number of amides is 2. The normalized spacial score (nSPS) is 10.3. The van der Waals surface area contributed by atoms with Gasteiger partial charge in [0.25, 0.3) is 0 Å². The van der Waals surface area contributed by atoms with Gasteiger partial charge in [-0.25, -0.2) is 4.79 Å². The molecular weight excluding hydrogens is 312 g/mol. The van der Waals surface area contributed by atoms with Gasteiger partial charge in [-0.05, 0) is 49.6 Å². The number of para-hydroxylation sites is 1. The summed E-state index contributed by atoms with van der Waals surface area (Å²) < 4.78 is 5.80. The number of urea groups is 1. The van der Waals surface area contributed by atoms with Crippen molar-refractivity contribution in [3.63, 3.8) is 0 Å². The average molecular weight is 333 g/mol. The summed E-state index contributed by atoms with van der Waals surface area (Å²) in [7, 11) is 0. The molecule has 2 amide bonds. The lowest BCUT2D eigenvalue weighted by atomic mass is 10.1. The predicted molar refractivity (Wildman–Crippen MR) is 94.6 cm³/mol. The molecule has 0 saturated carbocycles. The summed E-state index contributed by atoms with van der Waals surface area (Å²) in [6.45, 7) is 6.91. The fraction of sp³-hybridized carbons (Fsp3) is 0.278. The van der Waals surface area contributed by atoms with E-state index in [0.29, 0.717) is 23.9 Å². The zero-order valence-corrected chi connectivity index (χ0v) is 14.3. The minimum atomic E-state index is -0.306. The van der Waals surface area contributed by atoms with Crippen LogP contribution in [-0.2, 0) is 0 Å². The van der Waals surface area contributed by atoms with Crippen LogP contribution in [0.25, 0.3) is 0 Å². The molecule has 5 heteroatoms. The van der Waals surface area contributed by atoms with Crippen LogP contribution in [0.5, 0.6) is 5.75 Å². The van der Waals surface area contributed by atoms with Crippen molar-refractivity contribution in [2.24, 2.45) is 0 Å². The molecule has 0 saturated heterocycles. The molecule has 2 aromatic carbocycles. The van der Waals surface area contributed by atoms with Crippen LogP contribution in [0.2, 0.25) is 5.02 Å². The van der Waals surface area contributed by atoms with E-state index < -0.39 is 0 Å². The largest absolute Gasteiger partial charge is 0.491 e. The second kappa shape index (κ2) is 7.88. The van der Waals surface area contributed by atoms with Crippen molar-refractivity contribution >= 4 is 23.3 Å². The third-order valence-corrected chi connectivity index (χ3v) is 3.96. The number of halogens is 1. The molecule has 0 aliphatic carbocycles. The molecule has 4 nitrogen and oxygen atoms in total. The molecular formula is C18H21ClN2O2. The molecule has 0 unspecified atom stereocenters. The van der Waals surface area contributed by atoms with Crippen LogP contribution in [0.1, 0.15) is 16.7 Å². The molecule has 0 aliphatic heterocycles. The van der Waals surface area contributed by atoms with Gasteiger partial charge in [-0.3, -0.25) is 0 Å². The van der Waals surface area contributed by atoms with Crippen molar-refractivity contribution < 1.29 is 9.53 Å². The topological polar surface area (TPSA) is 50.4 Å². The Hall–Kier alpha value is -2.20. The number of carbonyl (C=O) groups excluding carboxylic acids is 1. The standard InChI is InChI=1S/C18H21ClN2O2/c1-12-8-9-13(2)17(14(12)3)23-11-10-20-18(22)21-16-7-5-4-6-15(16)19/h4-9H,10-11H2,1-3H3,(H2,20,21,22). The second-order valence-electron chi connectivity index (χ2n) is 5.36. The summed E-state index contributed by atoms with van der Waals surface area (Å²) in [4.78, 5) is 11.8. The number of nitrogens with one attached hydrogen (secondary N) is 2. The van der Waals surface area contributed by atoms with Gasteiger partial charge in [-0.15, -0.1) is 0 Å². The SMILES string of the molecule is Cc1ccc(C)c(OCCNC(=O)Nc2ccccc2Cl)c1C. The molecule has 0 aromatic heterocycles. The van der Waals surface area contributed by atoms with Gasteiger partial charge < -0.3 is 15.4 Å². The lowest BCUT2D eigenvalue weighted by Gasteiger charge is -2.14. The Bertz CT molecular complexity index is 701. The van der Waals surface area contributed by atoms with Crippen LogP contribution in [0.3, 0.4) is 0 Å². The van der Waals surface area contributed by atoms with Crippen LogP contribution in [0.15, 0.2) is 36.4 Å². The zero-order chi connectivity index (χ0) is 16.8. The van der Waals surface area contributed by atoms with Gasteiger partial charge in [0.05, 0.1) is 17.3 Å². The minimum Gasteiger partial charge on any atom is -0.491 e. The van der Waals surface area contributed by atoms with Gasteiger partial charge >= 0.3 is 6.03 Å². The van der Waals surface area contributed by atoms with E-state index in [-0.39, 0.29) is 6.03 Å². The highest BCUT2D eigenvalue weighted by Crippen LogP contribution is 2.25. The summed E-state index contributed by atoms with van der Waals surface area (Å²) in [6, 6.07) is 10.9. The van der Waals surface area contributed by atoms with Gasteiger partial charge in [0.1, 0.15) is 12.4 Å². The first-order chi connectivity index (χ1) is 11.0. The van der Waals surface area contributed by atoms with Gasteiger partial charge in [-0.2, -0.15) is 0 Å². The predicted octanol–water partition coefficient (Wildman–Crippen LogP) is 4.47. The van der Waals surface area contributed by atoms with E-state index >= 15 is 0 Å². The second-order valence-corrected chi connectivity index (χ2v) is 5.77. The summed E-state index contributed by atoms with van der Waals surface area (Å²) >= 11 is 5.99. The van der Waals surface area contributed by atoms with Crippen LogP contribution < -0.4 is 15.4 Å². The van der Waals surface area contributed by atoms with Crippen molar-refractivity contribution in [3.8, 4) is 5.75 Å². The zero-order valence-electron chi connectivity index (χ0n) is 13.6. The van der Waals surface area contributed by atoms with Crippen LogP contribution in [-0.4, -0.2) is 19.2 Å². The van der Waals surface area contributed by atoms with Gasteiger partial charge in [-0.1, -0.05) is 35.9 Å². The monoisotopic (exact) mass is 332 g/mol. The van der Waals surface area contributed by atoms with E-state index in [2.05, 4.69) is 23.6 Å². The number of carbonyl (C=O) groups is 1. The Morgan fingerprint density at radius 1 is 1.09 bits per heavy atom. The Balaban J connectivity index is 1.81. The first kappa shape index (κ1) is 17.2. The molecule has 0 spiro atoms. The number of aryl methyl sites for hydroxylation is 2. The lowest BCUT2D eigenvalue weighted by molar-refractivity contribution is 0.247. The van der Waals surface area contributed by atoms with E-state index in [4.69, 9.17) is 16.3 Å². The van der Waals surface area contributed by atoms with Crippen molar-refractivity contribution in [1.82, 2.24) is 5.32 Å². The maximum Gasteiger partial charge on any atom is 0.319 e. The molecule has 2 rings (SSSR count). The molecule has 0 aliphatic rings.